The molecule has 0 amide bonds. The van der Waals surface area contributed by atoms with Gasteiger partial charge in [-0.25, -0.2) is 0 Å². The second-order valence-corrected chi connectivity index (χ2v) is 13.4. The molecule has 3 heteroatoms. The van der Waals surface area contributed by atoms with Gasteiger partial charge in [-0.15, -0.1) is 0 Å². The van der Waals surface area contributed by atoms with E-state index in [0.717, 1.165) is 0 Å². The summed E-state index contributed by atoms with van der Waals surface area (Å²) in [5.74, 6) is -0.113. The van der Waals surface area contributed by atoms with E-state index in [1.807, 2.05) is 0 Å². The van der Waals surface area contributed by atoms with Gasteiger partial charge >= 0.3 is 0 Å². The summed E-state index contributed by atoms with van der Waals surface area (Å²) in [6.45, 7) is 17.2. The fraction of sp³-hybridized carbons (Fsp3) is 0.359. The molecule has 4 atom stereocenters. The van der Waals surface area contributed by atoms with Crippen molar-refractivity contribution in [3.8, 4) is 0 Å². The summed E-state index contributed by atoms with van der Waals surface area (Å²) >= 11 is 0. The number of hydrogen-bond acceptors (Lipinski definition) is 3. The van der Waals surface area contributed by atoms with E-state index in [4.69, 9.17) is 0 Å². The van der Waals surface area contributed by atoms with Crippen molar-refractivity contribution in [3.05, 3.63) is 140 Å². The van der Waals surface area contributed by atoms with Crippen molar-refractivity contribution in [1.82, 2.24) is 10.6 Å². The second-order valence-electron chi connectivity index (χ2n) is 13.4. The van der Waals surface area contributed by atoms with Crippen LogP contribution in [0.1, 0.15) is 90.9 Å². The van der Waals surface area contributed by atoms with E-state index >= 15 is 4.79 Å². The molecule has 2 heterocycles. The first-order valence-corrected chi connectivity index (χ1v) is 15.4. The van der Waals surface area contributed by atoms with Crippen LogP contribution in [-0.2, 0) is 4.79 Å². The maximum absolute atomic E-state index is 15.1. The first kappa shape index (κ1) is 28.6. The van der Waals surface area contributed by atoms with Crippen LogP contribution in [0.15, 0.2) is 72.8 Å². The summed E-state index contributed by atoms with van der Waals surface area (Å²) in [6, 6.07) is 26.6. The minimum absolute atomic E-state index is 0.114. The number of carbonyl (C=O) groups excluding carboxylic acids is 1. The molecule has 0 aromatic heterocycles. The Balaban J connectivity index is 1.58. The van der Waals surface area contributed by atoms with E-state index in [2.05, 4.69) is 139 Å². The van der Waals surface area contributed by atoms with Gasteiger partial charge in [0.25, 0.3) is 0 Å². The second kappa shape index (κ2) is 10.9. The Labute approximate surface area is 251 Å². The maximum Gasteiger partial charge on any atom is 0.146 e. The van der Waals surface area contributed by atoms with Gasteiger partial charge in [-0.1, -0.05) is 117 Å². The van der Waals surface area contributed by atoms with E-state index in [1.165, 1.54) is 66.8 Å². The van der Waals surface area contributed by atoms with Crippen molar-refractivity contribution < 1.29 is 4.79 Å². The number of Topliss-reactive ketones (excluding diaryl/α,β-unsaturated/α-hetero) is 1. The molecule has 4 aromatic carbocycles. The van der Waals surface area contributed by atoms with Crippen LogP contribution in [-0.4, -0.2) is 5.78 Å². The molecule has 2 N–H and O–H groups in total. The zero-order valence-electron chi connectivity index (χ0n) is 26.3. The van der Waals surface area contributed by atoms with Gasteiger partial charge in [0, 0.05) is 24.2 Å². The van der Waals surface area contributed by atoms with E-state index in [-0.39, 0.29) is 36.0 Å². The molecule has 0 radical (unpaired) electrons. The van der Waals surface area contributed by atoms with Gasteiger partial charge in [0.2, 0.25) is 0 Å². The molecule has 3 nitrogen and oxygen atoms in total. The standard InChI is InChI=1S/C39H44N2O/c1-21-9-22(2)14-29(13-21)35-33-36(30-15-23(3)10-24(4)16-30)41-38(32-19-27(7)12-28(8)20-32)34(39(33)42)37(40-35)31-17-25(5)11-26(6)18-31/h9-20,33-38,40-41H,1-8H3. The SMILES string of the molecule is Cc1cc(C)cc(C2NC(c3cc(C)cc(C)c3)C3C(=O)C2C(c2cc(C)cc(C)c2)NC3c2cc(C)cc(C)c2)c1. The smallest absolute Gasteiger partial charge is 0.146 e. The van der Waals surface area contributed by atoms with Crippen molar-refractivity contribution in [2.75, 3.05) is 0 Å². The number of fused-ring (bicyclic) bond motifs is 2. The molecule has 2 saturated heterocycles. The Morgan fingerprint density at radius 1 is 0.357 bits per heavy atom. The Morgan fingerprint density at radius 3 is 0.738 bits per heavy atom. The van der Waals surface area contributed by atoms with Gasteiger partial charge in [0.15, 0.2) is 0 Å². The monoisotopic (exact) mass is 556 g/mol. The number of ketones is 1. The van der Waals surface area contributed by atoms with Gasteiger partial charge in [-0.2, -0.15) is 0 Å². The van der Waals surface area contributed by atoms with Crippen LogP contribution in [0.3, 0.4) is 0 Å². The number of benzene rings is 4. The molecular weight excluding hydrogens is 512 g/mol. The van der Waals surface area contributed by atoms with Gasteiger partial charge in [0.1, 0.15) is 5.78 Å². The number of aryl methyl sites for hydroxylation is 8. The minimum atomic E-state index is -0.235. The Kier molecular flexibility index (Phi) is 7.45. The summed E-state index contributed by atoms with van der Waals surface area (Å²) in [4.78, 5) is 15.1. The highest BCUT2D eigenvalue weighted by Crippen LogP contribution is 2.52. The maximum atomic E-state index is 15.1. The lowest BCUT2D eigenvalue weighted by atomic mass is 9.63. The zero-order chi connectivity index (χ0) is 29.9. The predicted octanol–water partition coefficient (Wildman–Crippen LogP) is 8.43. The molecule has 0 aliphatic carbocycles. The van der Waals surface area contributed by atoms with Crippen molar-refractivity contribution >= 4 is 5.78 Å². The Hall–Kier alpha value is -3.53. The van der Waals surface area contributed by atoms with E-state index in [1.54, 1.807) is 0 Å². The van der Waals surface area contributed by atoms with Crippen molar-refractivity contribution in [3.63, 3.8) is 0 Å². The lowest BCUT2D eigenvalue weighted by Gasteiger charge is -2.53. The fourth-order valence-corrected chi connectivity index (χ4v) is 8.04. The summed E-state index contributed by atoms with van der Waals surface area (Å²) < 4.78 is 0. The first-order chi connectivity index (χ1) is 20.0. The quantitative estimate of drug-likeness (QED) is 0.265. The topological polar surface area (TPSA) is 41.1 Å². The molecule has 0 spiro atoms. The number of piperidine rings is 2. The third-order valence-corrected chi connectivity index (χ3v) is 9.22. The highest BCUT2D eigenvalue weighted by molar-refractivity contribution is 5.89. The highest BCUT2D eigenvalue weighted by Gasteiger charge is 2.55. The van der Waals surface area contributed by atoms with Gasteiger partial charge in [-0.05, 0) is 77.6 Å². The molecule has 2 bridgehead atoms. The molecule has 4 aromatic rings. The van der Waals surface area contributed by atoms with E-state index < -0.39 is 0 Å². The Bertz CT molecular complexity index is 1370. The van der Waals surface area contributed by atoms with Crippen molar-refractivity contribution in [1.29, 1.82) is 0 Å². The highest BCUT2D eigenvalue weighted by atomic mass is 16.1. The van der Waals surface area contributed by atoms with Gasteiger partial charge in [-0.3, -0.25) is 4.79 Å². The van der Waals surface area contributed by atoms with Gasteiger partial charge in [0.05, 0.1) is 11.8 Å². The lowest BCUT2D eigenvalue weighted by molar-refractivity contribution is -0.139. The minimum Gasteiger partial charge on any atom is -0.302 e. The summed E-state index contributed by atoms with van der Waals surface area (Å²) in [5.41, 5.74) is 14.6. The molecule has 216 valence electrons. The molecule has 4 unspecified atom stereocenters. The molecular formula is C39H44N2O. The number of hydrogen-bond donors (Lipinski definition) is 2. The van der Waals surface area contributed by atoms with Crippen LogP contribution < -0.4 is 10.6 Å². The zero-order valence-corrected chi connectivity index (χ0v) is 26.3. The largest absolute Gasteiger partial charge is 0.302 e. The predicted molar refractivity (Wildman–Crippen MR) is 173 cm³/mol. The molecule has 0 saturated carbocycles. The van der Waals surface area contributed by atoms with Crippen LogP contribution in [0, 0.1) is 67.2 Å². The molecule has 6 rings (SSSR count). The number of carbonyl (C=O) groups is 1. The average molecular weight is 557 g/mol. The van der Waals surface area contributed by atoms with Crippen LogP contribution in [0.5, 0.6) is 0 Å². The number of rotatable bonds is 4. The first-order valence-electron chi connectivity index (χ1n) is 15.4. The molecule has 2 aliphatic rings. The van der Waals surface area contributed by atoms with Gasteiger partial charge < -0.3 is 10.6 Å². The van der Waals surface area contributed by atoms with Crippen LogP contribution >= 0.6 is 0 Å². The van der Waals surface area contributed by atoms with Crippen LogP contribution in [0.4, 0.5) is 0 Å². The lowest BCUT2D eigenvalue weighted by Crippen LogP contribution is -2.60. The third kappa shape index (κ3) is 5.37. The van der Waals surface area contributed by atoms with Crippen LogP contribution in [0.25, 0.3) is 0 Å². The summed E-state index contributed by atoms with van der Waals surface area (Å²) in [6.07, 6.45) is 0. The fourth-order valence-electron chi connectivity index (χ4n) is 8.04. The molecule has 2 aliphatic heterocycles. The normalized spacial score (nSPS) is 25.5. The van der Waals surface area contributed by atoms with Crippen molar-refractivity contribution in [2.45, 2.75) is 79.6 Å². The number of nitrogens with one attached hydrogen (secondary N) is 2. The average Bonchev–Trinajstić information content (AvgIpc) is 2.86. The molecule has 42 heavy (non-hydrogen) atoms. The summed E-state index contributed by atoms with van der Waals surface area (Å²) in [5, 5.41) is 8.25. The Morgan fingerprint density at radius 2 is 0.548 bits per heavy atom. The van der Waals surface area contributed by atoms with E-state index in [0.29, 0.717) is 5.78 Å². The van der Waals surface area contributed by atoms with Crippen molar-refractivity contribution in [2.24, 2.45) is 11.8 Å². The molecule has 2 fully saturated rings. The summed E-state index contributed by atoms with van der Waals surface area (Å²) in [7, 11) is 0. The van der Waals surface area contributed by atoms with E-state index in [9.17, 15) is 0 Å². The van der Waals surface area contributed by atoms with Crippen LogP contribution in [0.2, 0.25) is 0 Å². The third-order valence-electron chi connectivity index (χ3n) is 9.22.